The molecule has 0 aliphatic carbocycles. The van der Waals surface area contributed by atoms with E-state index in [9.17, 15) is 9.18 Å². The van der Waals surface area contributed by atoms with E-state index in [2.05, 4.69) is 0 Å². The summed E-state index contributed by atoms with van der Waals surface area (Å²) in [4.78, 5) is 10.4. The number of ether oxygens (including phenoxy) is 1. The summed E-state index contributed by atoms with van der Waals surface area (Å²) in [5.74, 6) is -1.53. The topological polar surface area (TPSA) is 46.5 Å². The SMILES string of the molecule is COc1c(C)ccc(CC(=O)O)c1F. The monoisotopic (exact) mass is 198 g/mol. The summed E-state index contributed by atoms with van der Waals surface area (Å²) in [5.41, 5.74) is 0.791. The fraction of sp³-hybridized carbons (Fsp3) is 0.300. The van der Waals surface area contributed by atoms with Gasteiger partial charge < -0.3 is 9.84 Å². The molecule has 0 bridgehead atoms. The van der Waals surface area contributed by atoms with E-state index in [4.69, 9.17) is 9.84 Å². The van der Waals surface area contributed by atoms with Crippen molar-refractivity contribution in [2.75, 3.05) is 7.11 Å². The maximum atomic E-state index is 13.5. The van der Waals surface area contributed by atoms with Crippen LogP contribution < -0.4 is 4.74 Å². The number of aryl methyl sites for hydroxylation is 1. The summed E-state index contributed by atoms with van der Waals surface area (Å²) in [6.45, 7) is 1.70. The third kappa shape index (κ3) is 2.02. The molecule has 14 heavy (non-hydrogen) atoms. The van der Waals surface area contributed by atoms with Crippen molar-refractivity contribution in [1.29, 1.82) is 0 Å². The Labute approximate surface area is 81.1 Å². The van der Waals surface area contributed by atoms with Gasteiger partial charge in [-0.15, -0.1) is 0 Å². The predicted octanol–water partition coefficient (Wildman–Crippen LogP) is 1.77. The first-order valence-corrected chi connectivity index (χ1v) is 4.10. The maximum absolute atomic E-state index is 13.5. The van der Waals surface area contributed by atoms with Gasteiger partial charge in [0.05, 0.1) is 13.5 Å². The molecule has 0 saturated carbocycles. The summed E-state index contributed by atoms with van der Waals surface area (Å²) in [6.07, 6.45) is -0.331. The Hall–Kier alpha value is -1.58. The lowest BCUT2D eigenvalue weighted by molar-refractivity contribution is -0.136. The number of aliphatic carboxylic acids is 1. The molecule has 0 saturated heterocycles. The van der Waals surface area contributed by atoms with Gasteiger partial charge in [0.1, 0.15) is 0 Å². The van der Waals surface area contributed by atoms with E-state index in [1.807, 2.05) is 0 Å². The second-order valence-electron chi connectivity index (χ2n) is 2.96. The molecule has 0 aliphatic rings. The van der Waals surface area contributed by atoms with Gasteiger partial charge in [-0.05, 0) is 12.5 Å². The highest BCUT2D eigenvalue weighted by Crippen LogP contribution is 2.24. The third-order valence-corrected chi connectivity index (χ3v) is 1.92. The van der Waals surface area contributed by atoms with E-state index in [1.165, 1.54) is 13.2 Å². The summed E-state index contributed by atoms with van der Waals surface area (Å²) in [6, 6.07) is 3.10. The zero-order valence-corrected chi connectivity index (χ0v) is 8.00. The Morgan fingerprint density at radius 1 is 1.57 bits per heavy atom. The van der Waals surface area contributed by atoms with Gasteiger partial charge in [-0.3, -0.25) is 4.79 Å². The number of methoxy groups -OCH3 is 1. The van der Waals surface area contributed by atoms with Crippen LogP contribution in [0.25, 0.3) is 0 Å². The molecule has 3 nitrogen and oxygen atoms in total. The molecular formula is C10H11FO3. The largest absolute Gasteiger partial charge is 0.493 e. The number of rotatable bonds is 3. The minimum atomic E-state index is -1.06. The maximum Gasteiger partial charge on any atom is 0.307 e. The summed E-state index contributed by atoms with van der Waals surface area (Å²) in [7, 11) is 1.36. The first-order chi connectivity index (χ1) is 6.56. The molecule has 0 aromatic heterocycles. The van der Waals surface area contributed by atoms with Crippen LogP contribution in [0.4, 0.5) is 4.39 Å². The van der Waals surface area contributed by atoms with Gasteiger partial charge in [-0.25, -0.2) is 4.39 Å². The third-order valence-electron chi connectivity index (χ3n) is 1.92. The van der Waals surface area contributed by atoms with E-state index in [0.717, 1.165) is 0 Å². The van der Waals surface area contributed by atoms with Gasteiger partial charge >= 0.3 is 5.97 Å². The number of benzene rings is 1. The van der Waals surface area contributed by atoms with Crippen molar-refractivity contribution in [1.82, 2.24) is 0 Å². The minimum absolute atomic E-state index is 0.115. The van der Waals surface area contributed by atoms with Crippen LogP contribution in [-0.4, -0.2) is 18.2 Å². The highest BCUT2D eigenvalue weighted by molar-refractivity contribution is 5.70. The number of carbonyl (C=O) groups is 1. The van der Waals surface area contributed by atoms with Gasteiger partial charge in [0.25, 0.3) is 0 Å². The molecule has 0 aliphatic heterocycles. The lowest BCUT2D eigenvalue weighted by Gasteiger charge is -2.08. The first kappa shape index (κ1) is 10.5. The molecular weight excluding hydrogens is 187 g/mol. The van der Waals surface area contributed by atoms with Crippen molar-refractivity contribution in [3.8, 4) is 5.75 Å². The zero-order valence-electron chi connectivity index (χ0n) is 8.00. The fourth-order valence-electron chi connectivity index (χ4n) is 1.24. The van der Waals surface area contributed by atoms with E-state index < -0.39 is 11.8 Å². The molecule has 4 heteroatoms. The molecule has 0 amide bonds. The number of hydrogen-bond donors (Lipinski definition) is 1. The predicted molar refractivity (Wildman–Crippen MR) is 49.0 cm³/mol. The van der Waals surface area contributed by atoms with Crippen LogP contribution in [0.5, 0.6) is 5.75 Å². The molecule has 1 rings (SSSR count). The van der Waals surface area contributed by atoms with Gasteiger partial charge in [0, 0.05) is 5.56 Å². The van der Waals surface area contributed by atoms with E-state index in [0.29, 0.717) is 5.56 Å². The van der Waals surface area contributed by atoms with E-state index in [1.54, 1.807) is 13.0 Å². The van der Waals surface area contributed by atoms with Crippen molar-refractivity contribution in [3.05, 3.63) is 29.1 Å². The second kappa shape index (κ2) is 4.09. The number of carboxylic acid groups (broad SMARTS) is 1. The lowest BCUT2D eigenvalue weighted by atomic mass is 10.1. The average Bonchev–Trinajstić information content (AvgIpc) is 2.10. The smallest absolute Gasteiger partial charge is 0.307 e. The standard InChI is InChI=1S/C10H11FO3/c1-6-3-4-7(5-8(12)13)9(11)10(6)14-2/h3-4H,5H2,1-2H3,(H,12,13). The van der Waals surface area contributed by atoms with Crippen LogP contribution in [-0.2, 0) is 11.2 Å². The normalized spacial score (nSPS) is 9.93. The molecule has 1 aromatic rings. The molecule has 0 atom stereocenters. The van der Waals surface area contributed by atoms with Crippen LogP contribution in [0.2, 0.25) is 0 Å². The number of halogens is 1. The Balaban J connectivity index is 3.14. The summed E-state index contributed by atoms with van der Waals surface area (Å²) >= 11 is 0. The van der Waals surface area contributed by atoms with Crippen LogP contribution in [0, 0.1) is 12.7 Å². The van der Waals surface area contributed by atoms with Gasteiger partial charge in [-0.1, -0.05) is 12.1 Å². The van der Waals surface area contributed by atoms with E-state index in [-0.39, 0.29) is 17.7 Å². The Morgan fingerprint density at radius 3 is 2.71 bits per heavy atom. The molecule has 0 fully saturated rings. The van der Waals surface area contributed by atoms with Crippen LogP contribution in [0.15, 0.2) is 12.1 Å². The molecule has 76 valence electrons. The highest BCUT2D eigenvalue weighted by atomic mass is 19.1. The first-order valence-electron chi connectivity index (χ1n) is 4.10. The van der Waals surface area contributed by atoms with Crippen molar-refractivity contribution < 1.29 is 19.0 Å². The van der Waals surface area contributed by atoms with Crippen molar-refractivity contribution >= 4 is 5.97 Å². The van der Waals surface area contributed by atoms with Crippen LogP contribution >= 0.6 is 0 Å². The average molecular weight is 198 g/mol. The van der Waals surface area contributed by atoms with Crippen molar-refractivity contribution in [3.63, 3.8) is 0 Å². The second-order valence-corrected chi connectivity index (χ2v) is 2.96. The molecule has 0 unspecified atom stereocenters. The molecule has 0 spiro atoms. The summed E-state index contributed by atoms with van der Waals surface area (Å²) < 4.78 is 18.3. The molecule has 0 heterocycles. The minimum Gasteiger partial charge on any atom is -0.493 e. The highest BCUT2D eigenvalue weighted by Gasteiger charge is 2.13. The Morgan fingerprint density at radius 2 is 2.21 bits per heavy atom. The van der Waals surface area contributed by atoms with Crippen LogP contribution in [0.3, 0.4) is 0 Å². The zero-order chi connectivity index (χ0) is 10.7. The van der Waals surface area contributed by atoms with Gasteiger partial charge in [0.15, 0.2) is 11.6 Å². The Bertz CT molecular complexity index is 361. The molecule has 1 aromatic carbocycles. The Kier molecular flexibility index (Phi) is 3.06. The number of hydrogen-bond acceptors (Lipinski definition) is 2. The quantitative estimate of drug-likeness (QED) is 0.805. The molecule has 1 N–H and O–H groups in total. The van der Waals surface area contributed by atoms with Crippen LogP contribution in [0.1, 0.15) is 11.1 Å². The van der Waals surface area contributed by atoms with Crippen molar-refractivity contribution in [2.24, 2.45) is 0 Å². The van der Waals surface area contributed by atoms with Gasteiger partial charge in [-0.2, -0.15) is 0 Å². The van der Waals surface area contributed by atoms with Gasteiger partial charge in [0.2, 0.25) is 0 Å². The lowest BCUT2D eigenvalue weighted by Crippen LogP contribution is -2.04. The molecule has 0 radical (unpaired) electrons. The number of carboxylic acids is 1. The van der Waals surface area contributed by atoms with Crippen molar-refractivity contribution in [2.45, 2.75) is 13.3 Å². The summed E-state index contributed by atoms with van der Waals surface area (Å²) in [5, 5.41) is 8.52. The van der Waals surface area contributed by atoms with E-state index >= 15 is 0 Å². The fourth-order valence-corrected chi connectivity index (χ4v) is 1.24.